The Balaban J connectivity index is 0.000000212. The first-order valence-electron chi connectivity index (χ1n) is 22.5. The molecular formula is C50H56O23. The van der Waals surface area contributed by atoms with Crippen LogP contribution in [-0.2, 0) is 110 Å². The van der Waals surface area contributed by atoms with Gasteiger partial charge in [0, 0.05) is 11.8 Å². The first kappa shape index (κ1) is 58.5. The van der Waals surface area contributed by atoms with Crippen LogP contribution in [0.4, 0.5) is 0 Å². The number of esters is 8. The Bertz CT molecular complexity index is 2230. The molecule has 20 unspecified atom stereocenters. The van der Waals surface area contributed by atoms with Crippen molar-refractivity contribution in [1.29, 1.82) is 0 Å². The molecule has 0 aliphatic carbocycles. The number of hydrogen-bond acceptors (Lipinski definition) is 23. The van der Waals surface area contributed by atoms with Gasteiger partial charge in [0.1, 0.15) is 35.5 Å². The molecule has 0 amide bonds. The minimum absolute atomic E-state index is 0.0861. The highest BCUT2D eigenvalue weighted by molar-refractivity contribution is 5.99. The highest BCUT2D eigenvalue weighted by Crippen LogP contribution is 2.45. The van der Waals surface area contributed by atoms with Gasteiger partial charge in [-0.25, -0.2) is 0 Å². The van der Waals surface area contributed by atoms with Crippen LogP contribution in [0.1, 0.15) is 13.8 Å². The van der Waals surface area contributed by atoms with E-state index in [1.54, 1.807) is 42.5 Å². The lowest BCUT2D eigenvalue weighted by atomic mass is 9.83. The largest absolute Gasteiger partial charge is 0.469 e. The summed E-state index contributed by atoms with van der Waals surface area (Å²) in [4.78, 5) is 125. The molecular weight excluding hydrogens is 969 g/mol. The van der Waals surface area contributed by atoms with Gasteiger partial charge in [0.05, 0.1) is 101 Å². The van der Waals surface area contributed by atoms with E-state index in [0.717, 1.165) is 0 Å². The van der Waals surface area contributed by atoms with Crippen molar-refractivity contribution in [3.63, 3.8) is 0 Å². The van der Waals surface area contributed by atoms with E-state index in [1.165, 1.54) is 34.5 Å². The normalized spacial score (nSPS) is 37.6. The summed E-state index contributed by atoms with van der Waals surface area (Å²) < 4.78 is 56.1. The second-order valence-electron chi connectivity index (χ2n) is 17.1. The monoisotopic (exact) mass is 1020 g/mol. The van der Waals surface area contributed by atoms with E-state index in [4.69, 9.17) is 57.1 Å². The summed E-state index contributed by atoms with van der Waals surface area (Å²) in [5.41, 5.74) is 0. The van der Waals surface area contributed by atoms with E-state index in [-0.39, 0.29) is 96.6 Å². The van der Waals surface area contributed by atoms with Crippen molar-refractivity contribution in [2.75, 3.05) is 28.4 Å². The molecule has 0 N–H and O–H groups in total. The third-order valence-corrected chi connectivity index (χ3v) is 13.5. The van der Waals surface area contributed by atoms with Crippen LogP contribution >= 0.6 is 0 Å². The summed E-state index contributed by atoms with van der Waals surface area (Å²) >= 11 is 0. The number of ether oxygens (including phenoxy) is 11. The molecule has 9 aliphatic heterocycles. The molecule has 9 rings (SSSR count). The Labute approximate surface area is 418 Å². The average molecular weight is 1020 g/mol. The maximum absolute atomic E-state index is 12.1. The van der Waals surface area contributed by atoms with E-state index < -0.39 is 83.7 Å². The Morgan fingerprint density at radius 1 is 0.425 bits per heavy atom. The van der Waals surface area contributed by atoms with Gasteiger partial charge in [-0.1, -0.05) is 74.6 Å². The lowest BCUT2D eigenvalue weighted by molar-refractivity contribution is -0.193. The summed E-state index contributed by atoms with van der Waals surface area (Å²) in [6.45, 7) is 18.5. The molecule has 0 radical (unpaired) electrons. The fraction of sp³-hybridized carbons (Fsp3) is 0.520. The summed E-state index contributed by atoms with van der Waals surface area (Å²) in [6.07, 6.45) is 14.0. The first-order valence-corrected chi connectivity index (χ1v) is 22.5. The van der Waals surface area contributed by atoms with Crippen LogP contribution in [0.2, 0.25) is 0 Å². The fourth-order valence-electron chi connectivity index (χ4n) is 10.1. The van der Waals surface area contributed by atoms with Crippen LogP contribution < -0.4 is 0 Å². The Kier molecular flexibility index (Phi) is 21.3. The first-order chi connectivity index (χ1) is 34.9. The van der Waals surface area contributed by atoms with Crippen molar-refractivity contribution in [2.45, 2.75) is 74.9 Å². The lowest BCUT2D eigenvalue weighted by Crippen LogP contribution is -2.37. The van der Waals surface area contributed by atoms with Gasteiger partial charge < -0.3 is 52.1 Å². The van der Waals surface area contributed by atoms with Gasteiger partial charge in [0.15, 0.2) is 0 Å². The number of methoxy groups -OCH3 is 4. The van der Waals surface area contributed by atoms with E-state index in [1.807, 2.05) is 26.0 Å². The second kappa shape index (κ2) is 26.6. The molecule has 0 aromatic heterocycles. The predicted molar refractivity (Wildman–Crippen MR) is 238 cm³/mol. The molecule has 0 aromatic rings. The summed E-state index contributed by atoms with van der Waals surface area (Å²) in [6, 6.07) is 0. The van der Waals surface area contributed by atoms with Gasteiger partial charge >= 0.3 is 60.1 Å². The third kappa shape index (κ3) is 12.4. The summed E-state index contributed by atoms with van der Waals surface area (Å²) in [7, 11) is 5.31. The third-order valence-electron chi connectivity index (χ3n) is 13.5. The minimum atomic E-state index is -0.715. The van der Waals surface area contributed by atoms with Crippen molar-refractivity contribution >= 4 is 60.1 Å². The molecule has 7 fully saturated rings. The molecule has 7 saturated heterocycles. The summed E-state index contributed by atoms with van der Waals surface area (Å²) in [5.74, 6) is -7.59. The molecule has 9 heterocycles. The molecule has 73 heavy (non-hydrogen) atoms. The molecule has 23 heteroatoms. The molecule has 0 aromatic carbocycles. The van der Waals surface area contributed by atoms with Crippen molar-refractivity contribution in [3.8, 4) is 0 Å². The Hall–Kier alpha value is -7.10. The van der Waals surface area contributed by atoms with E-state index in [9.17, 15) is 38.4 Å². The van der Waals surface area contributed by atoms with E-state index >= 15 is 0 Å². The topological polar surface area (TPSA) is 306 Å². The predicted octanol–water partition coefficient (Wildman–Crippen LogP) is 1.12. The highest BCUT2D eigenvalue weighted by Gasteiger charge is 2.60. The number of fused-ring (bicyclic) bond motifs is 8. The number of carbonyl (C=O) groups excluding carboxylic acids is 12. The molecule has 0 saturated carbocycles. The van der Waals surface area contributed by atoms with Crippen LogP contribution in [0.3, 0.4) is 0 Å². The number of hydrogen-bond donors (Lipinski definition) is 0. The molecule has 23 nitrogen and oxygen atoms in total. The minimum Gasteiger partial charge on any atom is -0.469 e. The van der Waals surface area contributed by atoms with Crippen molar-refractivity contribution in [1.82, 2.24) is 0 Å². The molecule has 9 aliphatic rings. The fourth-order valence-corrected chi connectivity index (χ4v) is 10.1. The SMILES string of the molecule is C=CC1OC(C=C)C(C(=O)OC)C1C.C=CC1OC(C=CC2OC(C=C)C3C(=O)OC(=O)C23)C(C(=O)OC)C1C.COC(=O)C1C2C=CC(O2)C1C(=O)OC.O=C1OC(=O)C2C3C=CC(O3)C12.O=C=O.O=C=O. The zero-order valence-corrected chi connectivity index (χ0v) is 40.5. The van der Waals surface area contributed by atoms with Crippen LogP contribution in [0.5, 0.6) is 0 Å². The van der Waals surface area contributed by atoms with Gasteiger partial charge in [0.25, 0.3) is 0 Å². The zero-order chi connectivity index (χ0) is 54.4. The Morgan fingerprint density at radius 2 is 0.712 bits per heavy atom. The lowest BCUT2D eigenvalue weighted by Gasteiger charge is -2.20. The van der Waals surface area contributed by atoms with Crippen LogP contribution in [0, 0.1) is 59.2 Å². The van der Waals surface area contributed by atoms with Gasteiger partial charge in [-0.2, -0.15) is 19.2 Å². The van der Waals surface area contributed by atoms with Gasteiger partial charge in [0.2, 0.25) is 0 Å². The maximum atomic E-state index is 12.1. The summed E-state index contributed by atoms with van der Waals surface area (Å²) in [5, 5.41) is 0. The number of cyclic esters (lactones) is 4. The quantitative estimate of drug-likeness (QED) is 0.128. The molecule has 4 bridgehead atoms. The van der Waals surface area contributed by atoms with Crippen molar-refractivity contribution in [3.05, 3.63) is 87.1 Å². The van der Waals surface area contributed by atoms with E-state index in [2.05, 4.69) is 40.5 Å². The average Bonchev–Trinajstić information content (AvgIpc) is 4.28. The molecule has 0 spiro atoms. The highest BCUT2D eigenvalue weighted by atomic mass is 16.6. The van der Waals surface area contributed by atoms with Crippen LogP contribution in [0.25, 0.3) is 0 Å². The van der Waals surface area contributed by atoms with E-state index in [0.29, 0.717) is 0 Å². The molecule has 20 atom stereocenters. The Morgan fingerprint density at radius 3 is 1.10 bits per heavy atom. The van der Waals surface area contributed by atoms with Gasteiger partial charge in [-0.05, 0) is 0 Å². The number of carbonyl (C=O) groups is 8. The second-order valence-corrected chi connectivity index (χ2v) is 17.1. The van der Waals surface area contributed by atoms with Crippen LogP contribution in [-0.4, -0.2) is 150 Å². The smallest absolute Gasteiger partial charge is 0.373 e. The van der Waals surface area contributed by atoms with Crippen molar-refractivity contribution in [2.24, 2.45) is 59.2 Å². The molecule has 394 valence electrons. The van der Waals surface area contributed by atoms with Crippen molar-refractivity contribution < 1.29 is 110 Å². The standard InChI is InChI=1S/C19H22O7.C11H16O3.C10H12O5.C8H6O4.2CO2/c1-5-10-9(3)14(17(20)23-4)12(24-10)7-8-13-16-15(11(6-2)25-13)18(21)26-19(16)22;1-5-8-7(3)10(11(12)13-4)9(6-2)14-8;1-13-9(11)7-5-3-4-6(15-5)8(7)10(12)14-2;9-7-5-3-1-2-4(11-3)6(5)8(10)12-7;2*2-1-3/h5-16H,1-2H2,3-4H3;5-10H,1-2H2,3-4H3;3-8H,1-2H3;1-6H;;. The van der Waals surface area contributed by atoms with Gasteiger partial charge in [-0.15, -0.1) is 26.3 Å². The number of rotatable bonds is 10. The maximum Gasteiger partial charge on any atom is 0.373 e. The van der Waals surface area contributed by atoms with Gasteiger partial charge in [-0.3, -0.25) is 38.4 Å². The van der Waals surface area contributed by atoms with Crippen LogP contribution in [0.15, 0.2) is 87.1 Å². The zero-order valence-electron chi connectivity index (χ0n) is 40.5.